The first-order valence-corrected chi connectivity index (χ1v) is 12.8. The van der Waals surface area contributed by atoms with Crippen LogP contribution in [0.1, 0.15) is 34.0 Å². The molecule has 3 N–H and O–H groups in total. The first kappa shape index (κ1) is 29.9. The topological polar surface area (TPSA) is 127 Å². The van der Waals surface area contributed by atoms with Gasteiger partial charge in [-0.05, 0) is 68.3 Å². The average Bonchev–Trinajstić information content (AvgIpc) is 2.81. The predicted molar refractivity (Wildman–Crippen MR) is 133 cm³/mol. The number of aryl methyl sites for hydroxylation is 3. The van der Waals surface area contributed by atoms with Gasteiger partial charge in [0, 0.05) is 26.2 Å². The summed E-state index contributed by atoms with van der Waals surface area (Å²) in [5, 5.41) is 16.5. The number of sulfonamides is 1. The molecule has 0 saturated carbocycles. The average molecular weight is 546 g/mol. The van der Waals surface area contributed by atoms with E-state index in [1.807, 2.05) is 19.9 Å². The van der Waals surface area contributed by atoms with E-state index in [4.69, 9.17) is 9.90 Å². The van der Waals surface area contributed by atoms with E-state index in [1.165, 1.54) is 12.1 Å². The normalized spacial score (nSPS) is 14.5. The van der Waals surface area contributed by atoms with Crippen LogP contribution in [0.4, 0.5) is 24.5 Å². The minimum atomic E-state index is -5.08. The summed E-state index contributed by atoms with van der Waals surface area (Å²) in [6.45, 7) is 11.9. The van der Waals surface area contributed by atoms with Gasteiger partial charge in [0.15, 0.2) is 0 Å². The van der Waals surface area contributed by atoms with Crippen LogP contribution < -0.4 is 9.62 Å². The predicted octanol–water partition coefficient (Wildman–Crippen LogP) is 3.89. The fraction of sp³-hybridized carbons (Fsp3) is 0.417. The molecular formula is C24H30F3N3O6S. The Labute approximate surface area is 213 Å². The van der Waals surface area contributed by atoms with E-state index in [0.717, 1.165) is 43.9 Å². The molecule has 2 aromatic rings. The second kappa shape index (κ2) is 11.8. The number of nitrogens with one attached hydrogen (secondary N) is 1. The van der Waals surface area contributed by atoms with Gasteiger partial charge in [-0.2, -0.15) is 13.2 Å². The van der Waals surface area contributed by atoms with Crippen molar-refractivity contribution in [1.82, 2.24) is 4.90 Å². The highest BCUT2D eigenvalue weighted by Gasteiger charge is 2.38. The number of carboxylic acid groups (broad SMARTS) is 2. The number of piperazine rings is 1. The molecule has 3 rings (SSSR count). The number of benzene rings is 2. The number of halogens is 3. The molecule has 0 aliphatic carbocycles. The van der Waals surface area contributed by atoms with Crippen molar-refractivity contribution in [2.75, 3.05) is 42.3 Å². The highest BCUT2D eigenvalue weighted by Crippen LogP contribution is 2.31. The molecule has 0 bridgehead atoms. The molecule has 0 amide bonds. The van der Waals surface area contributed by atoms with E-state index < -0.39 is 28.1 Å². The molecule has 0 radical (unpaired) electrons. The number of hydrogen-bond acceptors (Lipinski definition) is 6. The van der Waals surface area contributed by atoms with Gasteiger partial charge >= 0.3 is 18.1 Å². The minimum Gasteiger partial charge on any atom is -0.478 e. The van der Waals surface area contributed by atoms with E-state index >= 15 is 0 Å². The Bertz CT molecular complexity index is 1260. The smallest absolute Gasteiger partial charge is 0.478 e. The van der Waals surface area contributed by atoms with E-state index in [1.54, 1.807) is 19.1 Å². The van der Waals surface area contributed by atoms with Crippen molar-refractivity contribution in [3.8, 4) is 0 Å². The fourth-order valence-corrected chi connectivity index (χ4v) is 5.13. The number of nitrogens with zero attached hydrogens (tertiary/aromatic N) is 2. The molecule has 1 aliphatic rings. The van der Waals surface area contributed by atoms with Crippen LogP contribution in [0.15, 0.2) is 35.2 Å². The maximum atomic E-state index is 13.2. The van der Waals surface area contributed by atoms with Crippen LogP contribution in [0.5, 0.6) is 0 Å². The molecule has 2 aromatic carbocycles. The molecule has 0 spiro atoms. The van der Waals surface area contributed by atoms with E-state index in [2.05, 4.69) is 21.4 Å². The SMILES string of the molecule is CCN1CCN(c2ccc(C(=O)O)cc2NS(=O)(=O)c2cc(C)c(C)cc2C)CC1.O=C(O)C(F)(F)F. The Morgan fingerprint density at radius 2 is 1.49 bits per heavy atom. The van der Waals surface area contributed by atoms with Gasteiger partial charge < -0.3 is 20.0 Å². The zero-order valence-electron chi connectivity index (χ0n) is 20.9. The van der Waals surface area contributed by atoms with Crippen LogP contribution in [0.2, 0.25) is 0 Å². The monoisotopic (exact) mass is 545 g/mol. The summed E-state index contributed by atoms with van der Waals surface area (Å²) in [7, 11) is -3.88. The Balaban J connectivity index is 0.000000604. The van der Waals surface area contributed by atoms with Crippen molar-refractivity contribution >= 4 is 33.3 Å². The molecule has 1 aliphatic heterocycles. The first-order valence-electron chi connectivity index (χ1n) is 11.3. The molecule has 1 fully saturated rings. The van der Waals surface area contributed by atoms with Gasteiger partial charge in [-0.1, -0.05) is 13.0 Å². The molecule has 0 atom stereocenters. The second-order valence-corrected chi connectivity index (χ2v) is 10.2. The molecule has 9 nitrogen and oxygen atoms in total. The molecule has 37 heavy (non-hydrogen) atoms. The number of alkyl halides is 3. The Morgan fingerprint density at radius 3 is 1.97 bits per heavy atom. The fourth-order valence-electron chi connectivity index (χ4n) is 3.75. The highest BCUT2D eigenvalue weighted by molar-refractivity contribution is 7.92. The Kier molecular flexibility index (Phi) is 9.55. The Morgan fingerprint density at radius 1 is 0.946 bits per heavy atom. The van der Waals surface area contributed by atoms with Gasteiger partial charge in [0.1, 0.15) is 0 Å². The molecule has 204 valence electrons. The third kappa shape index (κ3) is 7.83. The number of rotatable bonds is 6. The lowest BCUT2D eigenvalue weighted by Gasteiger charge is -2.36. The summed E-state index contributed by atoms with van der Waals surface area (Å²) in [6.07, 6.45) is -5.08. The van der Waals surface area contributed by atoms with E-state index in [-0.39, 0.29) is 16.1 Å². The van der Waals surface area contributed by atoms with Crippen LogP contribution in [0.3, 0.4) is 0 Å². The van der Waals surface area contributed by atoms with Crippen molar-refractivity contribution in [1.29, 1.82) is 0 Å². The summed E-state index contributed by atoms with van der Waals surface area (Å²) >= 11 is 0. The molecule has 1 saturated heterocycles. The highest BCUT2D eigenvalue weighted by atomic mass is 32.2. The van der Waals surface area contributed by atoms with Gasteiger partial charge in [-0.25, -0.2) is 18.0 Å². The zero-order chi connectivity index (χ0) is 28.1. The van der Waals surface area contributed by atoms with E-state index in [0.29, 0.717) is 11.3 Å². The van der Waals surface area contributed by atoms with Crippen LogP contribution in [0, 0.1) is 20.8 Å². The van der Waals surface area contributed by atoms with Gasteiger partial charge in [0.25, 0.3) is 10.0 Å². The summed E-state index contributed by atoms with van der Waals surface area (Å²) < 4.78 is 60.8. The van der Waals surface area contributed by atoms with Crippen molar-refractivity contribution in [3.05, 3.63) is 52.6 Å². The Hall–Kier alpha value is -3.32. The maximum Gasteiger partial charge on any atom is 0.490 e. The summed E-state index contributed by atoms with van der Waals surface area (Å²) in [4.78, 5) is 25.0. The van der Waals surface area contributed by atoms with Crippen LogP contribution in [0.25, 0.3) is 0 Å². The van der Waals surface area contributed by atoms with Gasteiger partial charge in [0.05, 0.1) is 21.8 Å². The zero-order valence-corrected chi connectivity index (χ0v) is 21.7. The van der Waals surface area contributed by atoms with Crippen molar-refractivity contribution in [3.63, 3.8) is 0 Å². The third-order valence-electron chi connectivity index (χ3n) is 5.97. The lowest BCUT2D eigenvalue weighted by atomic mass is 10.1. The number of aliphatic carboxylic acids is 1. The standard InChI is InChI=1S/C22H29N3O4S.C2HF3O2/c1-5-24-8-10-25(11-9-24)20-7-6-18(22(26)27)14-19(20)23-30(28,29)21-13-16(3)15(2)12-17(21)4;3-2(4,5)1(6)7/h6-7,12-14,23H,5,8-11H2,1-4H3,(H,26,27);(H,6,7). The van der Waals surface area contributed by atoms with Gasteiger partial charge in [-0.15, -0.1) is 0 Å². The lowest BCUT2D eigenvalue weighted by Crippen LogP contribution is -2.46. The number of hydrogen-bond donors (Lipinski definition) is 3. The van der Waals surface area contributed by atoms with Crippen LogP contribution in [-0.4, -0.2) is 74.4 Å². The quantitative estimate of drug-likeness (QED) is 0.499. The van der Waals surface area contributed by atoms with Crippen molar-refractivity contribution in [2.45, 2.75) is 38.8 Å². The van der Waals surface area contributed by atoms with E-state index in [9.17, 15) is 31.5 Å². The van der Waals surface area contributed by atoms with Crippen molar-refractivity contribution in [2.24, 2.45) is 0 Å². The molecule has 13 heteroatoms. The number of likely N-dealkylation sites (N-methyl/N-ethyl adjacent to an activating group) is 1. The molecule has 0 unspecified atom stereocenters. The van der Waals surface area contributed by atoms with Gasteiger partial charge in [-0.3, -0.25) is 4.72 Å². The molecular weight excluding hydrogens is 515 g/mol. The lowest BCUT2D eigenvalue weighted by molar-refractivity contribution is -0.192. The first-order chi connectivity index (χ1) is 17.1. The van der Waals surface area contributed by atoms with Crippen molar-refractivity contribution < 1.29 is 41.4 Å². The number of carboxylic acids is 2. The summed E-state index contributed by atoms with van der Waals surface area (Å²) in [5.74, 6) is -3.85. The minimum absolute atomic E-state index is 0.0421. The maximum absolute atomic E-state index is 13.2. The summed E-state index contributed by atoms with van der Waals surface area (Å²) in [5.41, 5.74) is 3.59. The van der Waals surface area contributed by atoms with Crippen LogP contribution >= 0.6 is 0 Å². The van der Waals surface area contributed by atoms with Crippen LogP contribution in [-0.2, 0) is 14.8 Å². The largest absolute Gasteiger partial charge is 0.490 e. The third-order valence-corrected chi connectivity index (χ3v) is 7.48. The number of aromatic carboxylic acids is 1. The molecule has 0 aromatic heterocycles. The van der Waals surface area contributed by atoms with Gasteiger partial charge in [0.2, 0.25) is 0 Å². The second-order valence-electron chi connectivity index (χ2n) is 8.57. The summed E-state index contributed by atoms with van der Waals surface area (Å²) in [6, 6.07) is 8.12. The number of carbonyl (C=O) groups is 2. The molecule has 1 heterocycles. The number of anilines is 2.